The molecule has 0 radical (unpaired) electrons. The zero-order valence-electron chi connectivity index (χ0n) is 9.86. The molecule has 0 spiro atoms. The fraction of sp³-hybridized carbons (Fsp3) is 0.167. The van der Waals surface area contributed by atoms with Gasteiger partial charge in [-0.15, -0.1) is 36.9 Å². The van der Waals surface area contributed by atoms with Crippen molar-refractivity contribution >= 4 is 39.7 Å². The molecule has 2 aromatic rings. The van der Waals surface area contributed by atoms with Crippen molar-refractivity contribution in [3.05, 3.63) is 50.6 Å². The molecule has 110 valence electrons. The highest BCUT2D eigenvalue weighted by Gasteiger charge is 2.33. The molecule has 0 aliphatic rings. The molecule has 0 aliphatic heterocycles. The van der Waals surface area contributed by atoms with Gasteiger partial charge in [0.1, 0.15) is 5.75 Å². The van der Waals surface area contributed by atoms with E-state index in [-0.39, 0.29) is 23.7 Å². The summed E-state index contributed by atoms with van der Waals surface area (Å²) >= 11 is 4.60. The molecule has 2 nitrogen and oxygen atoms in total. The SMILES string of the molecule is Cl.N[C@H](c1cccs1)c1cc(Br)ccc1OC(F)(F)F. The van der Waals surface area contributed by atoms with Crippen molar-refractivity contribution in [2.75, 3.05) is 0 Å². The quantitative estimate of drug-likeness (QED) is 0.813. The van der Waals surface area contributed by atoms with Gasteiger partial charge in [-0.2, -0.15) is 0 Å². The third-order valence-corrected chi connectivity index (χ3v) is 3.83. The molecule has 0 aliphatic carbocycles. The van der Waals surface area contributed by atoms with E-state index >= 15 is 0 Å². The lowest BCUT2D eigenvalue weighted by Gasteiger charge is -2.17. The lowest BCUT2D eigenvalue weighted by Crippen LogP contribution is -2.20. The Balaban J connectivity index is 0.00000200. The maximum absolute atomic E-state index is 12.4. The Hall–Kier alpha value is -0.760. The zero-order valence-corrected chi connectivity index (χ0v) is 13.1. The Morgan fingerprint density at radius 1 is 1.25 bits per heavy atom. The summed E-state index contributed by atoms with van der Waals surface area (Å²) in [4.78, 5) is 0.769. The van der Waals surface area contributed by atoms with Crippen LogP contribution in [-0.4, -0.2) is 6.36 Å². The normalized spacial score (nSPS) is 12.7. The van der Waals surface area contributed by atoms with Gasteiger partial charge in [-0.3, -0.25) is 0 Å². The molecule has 0 saturated heterocycles. The number of halogens is 5. The molecular weight excluding hydrogens is 379 g/mol. The van der Waals surface area contributed by atoms with Crippen LogP contribution in [0.1, 0.15) is 16.5 Å². The first kappa shape index (κ1) is 17.3. The second-order valence-corrected chi connectivity index (χ2v) is 5.62. The van der Waals surface area contributed by atoms with Crippen molar-refractivity contribution in [2.45, 2.75) is 12.4 Å². The average Bonchev–Trinajstić information content (AvgIpc) is 2.82. The standard InChI is InChI=1S/C12H9BrF3NOS.ClH/c13-7-3-4-9(18-12(14,15)16)8(6-7)11(17)10-2-1-5-19-10;/h1-6,11H,17H2;1H/t11-;/m0./s1. The molecule has 1 heterocycles. The second-order valence-electron chi connectivity index (χ2n) is 3.72. The number of thiophene rings is 1. The molecular formula is C12H10BrClF3NOS. The van der Waals surface area contributed by atoms with Crippen LogP contribution in [0.3, 0.4) is 0 Å². The Labute approximate surface area is 132 Å². The summed E-state index contributed by atoms with van der Waals surface area (Å²) in [6.07, 6.45) is -4.74. The van der Waals surface area contributed by atoms with Crippen molar-refractivity contribution in [2.24, 2.45) is 5.73 Å². The van der Waals surface area contributed by atoms with Crippen LogP contribution in [0.5, 0.6) is 5.75 Å². The van der Waals surface area contributed by atoms with Crippen LogP contribution in [0.25, 0.3) is 0 Å². The number of rotatable bonds is 3. The van der Waals surface area contributed by atoms with Crippen molar-refractivity contribution in [3.63, 3.8) is 0 Å². The monoisotopic (exact) mass is 387 g/mol. The molecule has 1 aromatic carbocycles. The van der Waals surface area contributed by atoms with Crippen LogP contribution in [0.15, 0.2) is 40.2 Å². The summed E-state index contributed by atoms with van der Waals surface area (Å²) in [5.74, 6) is -0.281. The molecule has 20 heavy (non-hydrogen) atoms. The van der Waals surface area contributed by atoms with Gasteiger partial charge in [0.05, 0.1) is 6.04 Å². The van der Waals surface area contributed by atoms with Gasteiger partial charge in [-0.1, -0.05) is 22.0 Å². The summed E-state index contributed by atoms with van der Waals surface area (Å²) in [6.45, 7) is 0. The highest BCUT2D eigenvalue weighted by atomic mass is 79.9. The van der Waals surface area contributed by atoms with Gasteiger partial charge >= 0.3 is 6.36 Å². The first-order valence-corrected chi connectivity index (χ1v) is 6.88. The van der Waals surface area contributed by atoms with Crippen molar-refractivity contribution in [1.82, 2.24) is 0 Å². The minimum absolute atomic E-state index is 0. The van der Waals surface area contributed by atoms with Crippen LogP contribution in [-0.2, 0) is 0 Å². The molecule has 0 fully saturated rings. The second kappa shape index (κ2) is 6.80. The van der Waals surface area contributed by atoms with E-state index < -0.39 is 12.4 Å². The summed E-state index contributed by atoms with van der Waals surface area (Å²) in [6, 6.07) is 7.17. The van der Waals surface area contributed by atoms with Crippen molar-refractivity contribution in [3.8, 4) is 5.75 Å². The Morgan fingerprint density at radius 3 is 2.50 bits per heavy atom. The number of hydrogen-bond acceptors (Lipinski definition) is 3. The third kappa shape index (κ3) is 4.37. The van der Waals surface area contributed by atoms with E-state index in [1.165, 1.54) is 29.5 Å². The van der Waals surface area contributed by atoms with Crippen LogP contribution >= 0.6 is 39.7 Å². The predicted octanol–water partition coefficient (Wildman–Crippen LogP) is 4.88. The lowest BCUT2D eigenvalue weighted by atomic mass is 10.1. The fourth-order valence-electron chi connectivity index (χ4n) is 1.60. The summed E-state index contributed by atoms with van der Waals surface area (Å²) < 4.78 is 41.7. The first-order valence-electron chi connectivity index (χ1n) is 5.21. The van der Waals surface area contributed by atoms with Crippen molar-refractivity contribution < 1.29 is 17.9 Å². The van der Waals surface area contributed by atoms with Crippen molar-refractivity contribution in [1.29, 1.82) is 0 Å². The fourth-order valence-corrected chi connectivity index (χ4v) is 2.73. The molecule has 1 atom stereocenters. The van der Waals surface area contributed by atoms with Gasteiger partial charge in [0.15, 0.2) is 0 Å². The Kier molecular flexibility index (Phi) is 5.88. The van der Waals surface area contributed by atoms with E-state index in [2.05, 4.69) is 20.7 Å². The van der Waals surface area contributed by atoms with Gasteiger partial charge in [-0.25, -0.2) is 0 Å². The van der Waals surface area contributed by atoms with Gasteiger partial charge in [0.25, 0.3) is 0 Å². The smallest absolute Gasteiger partial charge is 0.405 e. The van der Waals surface area contributed by atoms with Crippen LogP contribution in [0, 0.1) is 0 Å². The molecule has 0 saturated carbocycles. The van der Waals surface area contributed by atoms with E-state index in [9.17, 15) is 13.2 Å². The predicted molar refractivity (Wildman–Crippen MR) is 78.4 cm³/mol. The molecule has 0 amide bonds. The molecule has 8 heteroatoms. The molecule has 0 unspecified atom stereocenters. The first-order chi connectivity index (χ1) is 8.87. The molecule has 2 N–H and O–H groups in total. The number of benzene rings is 1. The summed E-state index contributed by atoms with van der Waals surface area (Å²) in [5.41, 5.74) is 6.28. The van der Waals surface area contributed by atoms with Crippen LogP contribution < -0.4 is 10.5 Å². The summed E-state index contributed by atoms with van der Waals surface area (Å²) in [7, 11) is 0. The van der Waals surface area contributed by atoms with E-state index in [0.29, 0.717) is 4.47 Å². The lowest BCUT2D eigenvalue weighted by molar-refractivity contribution is -0.274. The maximum Gasteiger partial charge on any atom is 0.573 e. The van der Waals surface area contributed by atoms with E-state index in [1.54, 1.807) is 12.1 Å². The van der Waals surface area contributed by atoms with E-state index in [1.807, 2.05) is 5.38 Å². The van der Waals surface area contributed by atoms with E-state index in [0.717, 1.165) is 4.88 Å². The van der Waals surface area contributed by atoms with Gasteiger partial charge in [0.2, 0.25) is 0 Å². The largest absolute Gasteiger partial charge is 0.573 e. The van der Waals surface area contributed by atoms with Gasteiger partial charge in [0, 0.05) is 14.9 Å². The zero-order chi connectivity index (χ0) is 14.0. The molecule has 1 aromatic heterocycles. The average molecular weight is 389 g/mol. The van der Waals surface area contributed by atoms with Crippen LogP contribution in [0.4, 0.5) is 13.2 Å². The topological polar surface area (TPSA) is 35.2 Å². The van der Waals surface area contributed by atoms with E-state index in [4.69, 9.17) is 5.73 Å². The number of alkyl halides is 3. The minimum atomic E-state index is -4.74. The van der Waals surface area contributed by atoms with Gasteiger partial charge < -0.3 is 10.5 Å². The number of ether oxygens (including phenoxy) is 1. The highest BCUT2D eigenvalue weighted by Crippen LogP contribution is 2.35. The molecule has 0 bridgehead atoms. The Morgan fingerprint density at radius 2 is 1.95 bits per heavy atom. The highest BCUT2D eigenvalue weighted by molar-refractivity contribution is 9.10. The minimum Gasteiger partial charge on any atom is -0.405 e. The number of nitrogens with two attached hydrogens (primary N) is 1. The number of hydrogen-bond donors (Lipinski definition) is 1. The third-order valence-electron chi connectivity index (χ3n) is 2.38. The van der Waals surface area contributed by atoms with Gasteiger partial charge in [-0.05, 0) is 29.6 Å². The Bertz CT molecular complexity index is 562. The van der Waals surface area contributed by atoms with Crippen LogP contribution in [0.2, 0.25) is 0 Å². The molecule has 2 rings (SSSR count). The maximum atomic E-state index is 12.4. The summed E-state index contributed by atoms with van der Waals surface area (Å²) in [5, 5.41) is 1.82.